The molecule has 4 nitrogen and oxygen atoms in total. The van der Waals surface area contributed by atoms with Gasteiger partial charge in [0.05, 0.1) is 19.4 Å². The first-order chi connectivity index (χ1) is 8.73. The average molecular weight is 272 g/mol. The number of rotatable bonds is 8. The fourth-order valence-corrected chi connectivity index (χ4v) is 1.79. The summed E-state index contributed by atoms with van der Waals surface area (Å²) in [5.41, 5.74) is 0. The second-order valence-corrected chi connectivity index (χ2v) is 6.02. The van der Waals surface area contributed by atoms with Crippen molar-refractivity contribution in [1.82, 2.24) is 0 Å². The highest BCUT2D eigenvalue weighted by Gasteiger charge is 2.22. The van der Waals surface area contributed by atoms with Gasteiger partial charge < -0.3 is 9.47 Å². The summed E-state index contributed by atoms with van der Waals surface area (Å²) in [5, 5.41) is 0. The molecule has 0 N–H and O–H groups in total. The molecule has 0 saturated carbocycles. The van der Waals surface area contributed by atoms with Gasteiger partial charge in [-0.25, -0.2) is 0 Å². The van der Waals surface area contributed by atoms with E-state index in [1.165, 1.54) is 0 Å². The zero-order valence-electron chi connectivity index (χ0n) is 13.1. The summed E-state index contributed by atoms with van der Waals surface area (Å²) in [6.07, 6.45) is 0.0839. The van der Waals surface area contributed by atoms with Gasteiger partial charge in [0.2, 0.25) is 0 Å². The predicted molar refractivity (Wildman–Crippen MR) is 74.6 cm³/mol. The second-order valence-electron chi connectivity index (χ2n) is 6.02. The summed E-state index contributed by atoms with van der Waals surface area (Å²) in [6, 6.07) is 0. The summed E-state index contributed by atoms with van der Waals surface area (Å²) in [4.78, 5) is 23.1. The Labute approximate surface area is 116 Å². The van der Waals surface area contributed by atoms with Gasteiger partial charge in [-0.3, -0.25) is 9.59 Å². The largest absolute Gasteiger partial charge is 0.465 e. The molecule has 0 rings (SSSR count). The van der Waals surface area contributed by atoms with E-state index in [1.54, 1.807) is 0 Å². The monoisotopic (exact) mass is 272 g/mol. The van der Waals surface area contributed by atoms with E-state index < -0.39 is 0 Å². The normalized spacial score (nSPS) is 11.5. The summed E-state index contributed by atoms with van der Waals surface area (Å²) < 4.78 is 10.4. The molecule has 0 aromatic rings. The van der Waals surface area contributed by atoms with Gasteiger partial charge in [-0.05, 0) is 17.8 Å². The van der Waals surface area contributed by atoms with E-state index >= 15 is 0 Å². The molecule has 0 aromatic heterocycles. The Hall–Kier alpha value is -1.06. The van der Waals surface area contributed by atoms with Crippen molar-refractivity contribution in [3.63, 3.8) is 0 Å². The van der Waals surface area contributed by atoms with Crippen molar-refractivity contribution in [2.75, 3.05) is 6.61 Å². The maximum Gasteiger partial charge on any atom is 0.306 e. The van der Waals surface area contributed by atoms with Gasteiger partial charge >= 0.3 is 11.9 Å². The first-order valence-electron chi connectivity index (χ1n) is 7.09. The van der Waals surface area contributed by atoms with E-state index in [9.17, 15) is 9.59 Å². The van der Waals surface area contributed by atoms with Crippen LogP contribution in [0.1, 0.15) is 54.4 Å². The molecule has 0 aliphatic rings. The molecule has 0 aromatic carbocycles. The van der Waals surface area contributed by atoms with Crippen LogP contribution >= 0.6 is 0 Å². The molecule has 0 fully saturated rings. The number of hydrogen-bond donors (Lipinski definition) is 0. The maximum absolute atomic E-state index is 11.7. The molecule has 0 aliphatic heterocycles. The van der Waals surface area contributed by atoms with Gasteiger partial charge in [0.25, 0.3) is 0 Å². The quantitative estimate of drug-likeness (QED) is 0.637. The standard InChI is InChI=1S/C15H28O4/c1-10(2)9-18-13(16)7-8-14(17)19-15(11(3)4)12(5)6/h10-12,15H,7-9H2,1-6H3. The van der Waals surface area contributed by atoms with Crippen molar-refractivity contribution in [3.05, 3.63) is 0 Å². The number of esters is 2. The average Bonchev–Trinajstić information content (AvgIpc) is 2.29. The highest BCUT2D eigenvalue weighted by Crippen LogP contribution is 2.17. The van der Waals surface area contributed by atoms with Gasteiger partial charge in [0.15, 0.2) is 0 Å². The zero-order valence-corrected chi connectivity index (χ0v) is 13.1. The molecule has 0 atom stereocenters. The van der Waals surface area contributed by atoms with Crippen LogP contribution in [0.15, 0.2) is 0 Å². The van der Waals surface area contributed by atoms with Gasteiger partial charge in [-0.2, -0.15) is 0 Å². The summed E-state index contributed by atoms with van der Waals surface area (Å²) in [6.45, 7) is 12.4. The highest BCUT2D eigenvalue weighted by atomic mass is 16.5. The molecule has 0 saturated heterocycles. The van der Waals surface area contributed by atoms with Gasteiger partial charge in [-0.1, -0.05) is 41.5 Å². The van der Waals surface area contributed by atoms with E-state index in [4.69, 9.17) is 9.47 Å². The van der Waals surface area contributed by atoms with Crippen molar-refractivity contribution < 1.29 is 19.1 Å². The lowest BCUT2D eigenvalue weighted by atomic mass is 9.96. The Morgan fingerprint density at radius 2 is 1.32 bits per heavy atom. The van der Waals surface area contributed by atoms with E-state index in [0.717, 1.165) is 0 Å². The summed E-state index contributed by atoms with van der Waals surface area (Å²) >= 11 is 0. The first kappa shape index (κ1) is 17.9. The van der Waals surface area contributed by atoms with Crippen LogP contribution in [0, 0.1) is 17.8 Å². The summed E-state index contributed by atoms with van der Waals surface area (Å²) in [7, 11) is 0. The van der Waals surface area contributed by atoms with Gasteiger partial charge in [-0.15, -0.1) is 0 Å². The lowest BCUT2D eigenvalue weighted by Crippen LogP contribution is -2.29. The molecule has 0 amide bonds. The minimum Gasteiger partial charge on any atom is -0.465 e. The lowest BCUT2D eigenvalue weighted by molar-refractivity contribution is -0.157. The molecule has 0 heterocycles. The molecule has 112 valence electrons. The van der Waals surface area contributed by atoms with Crippen molar-refractivity contribution in [2.45, 2.75) is 60.5 Å². The third-order valence-corrected chi connectivity index (χ3v) is 2.69. The SMILES string of the molecule is CC(C)COC(=O)CCC(=O)OC(C(C)C)C(C)C. The van der Waals surface area contributed by atoms with Crippen LogP contribution in [0.2, 0.25) is 0 Å². The van der Waals surface area contributed by atoms with Gasteiger partial charge in [0.1, 0.15) is 6.10 Å². The summed E-state index contributed by atoms with van der Waals surface area (Å²) in [5.74, 6) is 0.195. The molecule has 4 heteroatoms. The Morgan fingerprint density at radius 1 is 0.842 bits per heavy atom. The number of carbonyl (C=O) groups excluding carboxylic acids is 2. The number of carbonyl (C=O) groups is 2. The maximum atomic E-state index is 11.7. The number of hydrogen-bond acceptors (Lipinski definition) is 4. The van der Waals surface area contributed by atoms with Crippen LogP contribution < -0.4 is 0 Å². The second kappa shape index (κ2) is 8.94. The van der Waals surface area contributed by atoms with Crippen molar-refractivity contribution in [1.29, 1.82) is 0 Å². The Balaban J connectivity index is 4.01. The first-order valence-corrected chi connectivity index (χ1v) is 7.09. The highest BCUT2D eigenvalue weighted by molar-refractivity contribution is 5.77. The third-order valence-electron chi connectivity index (χ3n) is 2.69. The van der Waals surface area contributed by atoms with Crippen LogP contribution in [0.5, 0.6) is 0 Å². The Bertz CT molecular complexity index is 274. The minimum absolute atomic E-state index is 0.0901. The van der Waals surface area contributed by atoms with E-state index in [1.807, 2.05) is 41.5 Å². The topological polar surface area (TPSA) is 52.6 Å². The fraction of sp³-hybridized carbons (Fsp3) is 0.867. The molecule has 0 aliphatic carbocycles. The number of ether oxygens (including phenoxy) is 2. The van der Waals surface area contributed by atoms with Crippen LogP contribution in [0.25, 0.3) is 0 Å². The molecule has 0 radical (unpaired) electrons. The van der Waals surface area contributed by atoms with E-state index in [2.05, 4.69) is 0 Å². The van der Waals surface area contributed by atoms with Crippen LogP contribution in [-0.4, -0.2) is 24.6 Å². The minimum atomic E-state index is -0.337. The van der Waals surface area contributed by atoms with Crippen molar-refractivity contribution in [2.24, 2.45) is 17.8 Å². The molecule has 0 spiro atoms. The van der Waals surface area contributed by atoms with Gasteiger partial charge in [0, 0.05) is 0 Å². The molecule has 0 bridgehead atoms. The Kier molecular flexibility index (Phi) is 8.44. The predicted octanol–water partition coefficient (Wildman–Crippen LogP) is 3.19. The van der Waals surface area contributed by atoms with Crippen molar-refractivity contribution >= 4 is 11.9 Å². The Morgan fingerprint density at radius 3 is 1.74 bits per heavy atom. The third kappa shape index (κ3) is 8.62. The molecular weight excluding hydrogens is 244 g/mol. The smallest absolute Gasteiger partial charge is 0.306 e. The van der Waals surface area contributed by atoms with Crippen LogP contribution in [0.4, 0.5) is 0 Å². The van der Waals surface area contributed by atoms with Crippen LogP contribution in [-0.2, 0) is 19.1 Å². The van der Waals surface area contributed by atoms with E-state index in [-0.39, 0.29) is 42.7 Å². The zero-order chi connectivity index (χ0) is 15.0. The van der Waals surface area contributed by atoms with Crippen molar-refractivity contribution in [3.8, 4) is 0 Å². The van der Waals surface area contributed by atoms with Crippen LogP contribution in [0.3, 0.4) is 0 Å². The molecule has 0 unspecified atom stereocenters. The molecular formula is C15H28O4. The fourth-order valence-electron chi connectivity index (χ4n) is 1.79. The lowest BCUT2D eigenvalue weighted by Gasteiger charge is -2.24. The molecule has 19 heavy (non-hydrogen) atoms. The van der Waals surface area contributed by atoms with E-state index in [0.29, 0.717) is 12.5 Å².